The number of imidazole rings is 1. The minimum Gasteiger partial charge on any atom is -0.390 e. The fourth-order valence-corrected chi connectivity index (χ4v) is 3.67. The first-order valence-electron chi connectivity index (χ1n) is 6.81. The van der Waals surface area contributed by atoms with Crippen LogP contribution in [-0.4, -0.2) is 35.8 Å². The van der Waals surface area contributed by atoms with E-state index in [0.717, 1.165) is 12.8 Å². The van der Waals surface area contributed by atoms with E-state index in [0.29, 0.717) is 29.8 Å². The Morgan fingerprint density at radius 1 is 1.40 bits per heavy atom. The molecule has 4 rings (SSSR count). The van der Waals surface area contributed by atoms with Gasteiger partial charge < -0.3 is 15.6 Å². The highest BCUT2D eigenvalue weighted by molar-refractivity contribution is 5.81. The average molecular weight is 275 g/mol. The van der Waals surface area contributed by atoms with Crippen molar-refractivity contribution in [1.82, 2.24) is 19.5 Å². The molecular formula is C13H17N5O2. The Labute approximate surface area is 115 Å². The smallest absolute Gasteiger partial charge is 0.167 e. The van der Waals surface area contributed by atoms with Gasteiger partial charge >= 0.3 is 0 Å². The normalized spacial score (nSPS) is 36.6. The molecule has 0 amide bonds. The topological polar surface area (TPSA) is 99.1 Å². The second-order valence-corrected chi connectivity index (χ2v) is 6.23. The Bertz CT molecular complexity index is 672. The van der Waals surface area contributed by atoms with Crippen molar-refractivity contribution in [1.29, 1.82) is 0 Å². The fraction of sp³-hybridized carbons (Fsp3) is 0.615. The van der Waals surface area contributed by atoms with E-state index in [1.807, 2.05) is 11.5 Å². The van der Waals surface area contributed by atoms with Gasteiger partial charge in [0, 0.05) is 12.8 Å². The highest BCUT2D eigenvalue weighted by Gasteiger charge is 2.56. The van der Waals surface area contributed by atoms with Crippen LogP contribution in [0.2, 0.25) is 0 Å². The lowest BCUT2D eigenvalue weighted by atomic mass is 9.67. The Hall–Kier alpha value is -1.73. The molecule has 1 saturated heterocycles. The number of rotatable bonds is 1. The van der Waals surface area contributed by atoms with E-state index >= 15 is 0 Å². The summed E-state index contributed by atoms with van der Waals surface area (Å²) in [5.74, 6) is 0.382. The summed E-state index contributed by atoms with van der Waals surface area (Å²) in [6.07, 6.45) is 6.29. The van der Waals surface area contributed by atoms with Crippen molar-refractivity contribution in [2.24, 2.45) is 0 Å². The molecule has 0 bridgehead atoms. The van der Waals surface area contributed by atoms with Crippen molar-refractivity contribution in [3.63, 3.8) is 0 Å². The Balaban J connectivity index is 1.64. The molecule has 106 valence electrons. The van der Waals surface area contributed by atoms with Crippen LogP contribution in [0.15, 0.2) is 12.7 Å². The average Bonchev–Trinajstić information content (AvgIpc) is 2.92. The van der Waals surface area contributed by atoms with Crippen LogP contribution >= 0.6 is 0 Å². The van der Waals surface area contributed by atoms with Gasteiger partial charge in [0.1, 0.15) is 18.1 Å². The first-order chi connectivity index (χ1) is 9.48. The Morgan fingerprint density at radius 2 is 2.20 bits per heavy atom. The van der Waals surface area contributed by atoms with Crippen LogP contribution in [0.1, 0.15) is 38.8 Å². The van der Waals surface area contributed by atoms with E-state index in [4.69, 9.17) is 10.5 Å². The minimum absolute atomic E-state index is 0.0922. The number of ether oxygens (including phenoxy) is 1. The predicted octanol–water partition coefficient (Wildman–Crippen LogP) is 1.00. The van der Waals surface area contributed by atoms with Crippen LogP contribution in [0, 0.1) is 0 Å². The maximum absolute atomic E-state index is 9.93. The predicted molar refractivity (Wildman–Crippen MR) is 71.7 cm³/mol. The first kappa shape index (κ1) is 12.0. The SMILES string of the molecule is CC1(O)CC2(CC[C@H](n3cnc4c(N)ncnc43)O2)C1. The van der Waals surface area contributed by atoms with Crippen LogP contribution in [0.3, 0.4) is 0 Å². The van der Waals surface area contributed by atoms with Crippen LogP contribution in [0.25, 0.3) is 11.2 Å². The lowest BCUT2D eigenvalue weighted by Gasteiger charge is -2.49. The molecule has 3 N–H and O–H groups in total. The molecule has 2 aliphatic rings. The maximum atomic E-state index is 9.93. The summed E-state index contributed by atoms with van der Waals surface area (Å²) in [5, 5.41) is 9.93. The number of aliphatic hydroxyl groups is 1. The molecule has 1 atom stereocenters. The largest absolute Gasteiger partial charge is 0.390 e. The number of nitrogens with zero attached hydrogens (tertiary/aromatic N) is 4. The molecule has 1 spiro atoms. The molecule has 1 aliphatic carbocycles. The number of hydrogen-bond acceptors (Lipinski definition) is 6. The van der Waals surface area contributed by atoms with Gasteiger partial charge in [0.25, 0.3) is 0 Å². The van der Waals surface area contributed by atoms with E-state index in [2.05, 4.69) is 15.0 Å². The van der Waals surface area contributed by atoms with E-state index in [1.54, 1.807) is 6.33 Å². The molecule has 7 heteroatoms. The molecule has 0 aromatic carbocycles. The molecular weight excluding hydrogens is 258 g/mol. The van der Waals surface area contributed by atoms with Crippen molar-refractivity contribution in [3.8, 4) is 0 Å². The lowest BCUT2D eigenvalue weighted by molar-refractivity contribution is -0.201. The lowest BCUT2D eigenvalue weighted by Crippen LogP contribution is -2.54. The van der Waals surface area contributed by atoms with Gasteiger partial charge in [-0.3, -0.25) is 4.57 Å². The van der Waals surface area contributed by atoms with Gasteiger partial charge in [-0.25, -0.2) is 15.0 Å². The van der Waals surface area contributed by atoms with Gasteiger partial charge in [0.15, 0.2) is 11.5 Å². The Morgan fingerprint density at radius 3 is 2.95 bits per heavy atom. The highest BCUT2D eigenvalue weighted by Crippen LogP contribution is 2.53. The van der Waals surface area contributed by atoms with Gasteiger partial charge in [-0.15, -0.1) is 0 Å². The number of aromatic nitrogens is 4. The quantitative estimate of drug-likeness (QED) is 0.805. The van der Waals surface area contributed by atoms with Crippen molar-refractivity contribution in [2.45, 2.75) is 50.0 Å². The zero-order valence-corrected chi connectivity index (χ0v) is 11.3. The monoisotopic (exact) mass is 275 g/mol. The standard InChI is InChI=1S/C13H17N5O2/c1-12(19)4-13(5-12)3-2-8(20-13)18-7-17-9-10(14)15-6-16-11(9)18/h6-8,19H,2-5H2,1H3,(H2,14,15,16)/t8-,12?,13?/m1/s1. The molecule has 3 heterocycles. The third-order valence-corrected chi connectivity index (χ3v) is 4.34. The van der Waals surface area contributed by atoms with Crippen molar-refractivity contribution in [3.05, 3.63) is 12.7 Å². The minimum atomic E-state index is -0.585. The maximum Gasteiger partial charge on any atom is 0.167 e. The van der Waals surface area contributed by atoms with Crippen molar-refractivity contribution in [2.75, 3.05) is 5.73 Å². The second-order valence-electron chi connectivity index (χ2n) is 6.23. The van der Waals surface area contributed by atoms with E-state index in [-0.39, 0.29) is 11.8 Å². The summed E-state index contributed by atoms with van der Waals surface area (Å²) in [6.45, 7) is 1.86. The number of fused-ring (bicyclic) bond motifs is 1. The van der Waals surface area contributed by atoms with Crippen LogP contribution in [0.5, 0.6) is 0 Å². The van der Waals surface area contributed by atoms with Gasteiger partial charge in [-0.1, -0.05) is 0 Å². The third kappa shape index (κ3) is 1.63. The molecule has 1 aliphatic heterocycles. The summed E-state index contributed by atoms with van der Waals surface area (Å²) in [5.41, 5.74) is 6.34. The zero-order chi connectivity index (χ0) is 14.0. The molecule has 2 aromatic heterocycles. The molecule has 0 radical (unpaired) electrons. The summed E-state index contributed by atoms with van der Waals surface area (Å²) in [4.78, 5) is 12.5. The summed E-state index contributed by atoms with van der Waals surface area (Å²) in [6, 6.07) is 0. The van der Waals surface area contributed by atoms with E-state index in [1.165, 1.54) is 6.33 Å². The first-order valence-corrected chi connectivity index (χ1v) is 6.81. The van der Waals surface area contributed by atoms with E-state index in [9.17, 15) is 5.11 Å². The number of nitrogen functional groups attached to an aromatic ring is 1. The summed E-state index contributed by atoms with van der Waals surface area (Å²) in [7, 11) is 0. The molecule has 1 saturated carbocycles. The number of hydrogen-bond donors (Lipinski definition) is 2. The molecule has 20 heavy (non-hydrogen) atoms. The molecule has 7 nitrogen and oxygen atoms in total. The Kier molecular flexibility index (Phi) is 2.21. The van der Waals surface area contributed by atoms with Gasteiger partial charge in [-0.05, 0) is 19.8 Å². The fourth-order valence-electron chi connectivity index (χ4n) is 3.67. The summed E-state index contributed by atoms with van der Waals surface area (Å²) >= 11 is 0. The van der Waals surface area contributed by atoms with Crippen LogP contribution in [-0.2, 0) is 4.74 Å². The van der Waals surface area contributed by atoms with Crippen LogP contribution < -0.4 is 5.73 Å². The van der Waals surface area contributed by atoms with Gasteiger partial charge in [0.2, 0.25) is 0 Å². The molecule has 2 aromatic rings. The van der Waals surface area contributed by atoms with E-state index < -0.39 is 5.60 Å². The highest BCUT2D eigenvalue weighted by atomic mass is 16.5. The zero-order valence-electron chi connectivity index (χ0n) is 11.3. The number of anilines is 1. The number of nitrogens with two attached hydrogens (primary N) is 1. The third-order valence-electron chi connectivity index (χ3n) is 4.34. The molecule has 0 unspecified atom stereocenters. The molecule has 2 fully saturated rings. The van der Waals surface area contributed by atoms with Crippen molar-refractivity contribution >= 4 is 17.0 Å². The summed E-state index contributed by atoms with van der Waals surface area (Å²) < 4.78 is 8.09. The van der Waals surface area contributed by atoms with Gasteiger partial charge in [0.05, 0.1) is 17.5 Å². The van der Waals surface area contributed by atoms with Crippen molar-refractivity contribution < 1.29 is 9.84 Å². The second kappa shape index (κ2) is 3.67. The van der Waals surface area contributed by atoms with Crippen LogP contribution in [0.4, 0.5) is 5.82 Å². The van der Waals surface area contributed by atoms with Gasteiger partial charge in [-0.2, -0.15) is 0 Å².